The van der Waals surface area contributed by atoms with Crippen LogP contribution in [0, 0.1) is 6.92 Å². The van der Waals surface area contributed by atoms with Crippen molar-refractivity contribution in [3.63, 3.8) is 0 Å². The molecule has 0 radical (unpaired) electrons. The highest BCUT2D eigenvalue weighted by Crippen LogP contribution is 2.18. The van der Waals surface area contributed by atoms with Gasteiger partial charge in [-0.3, -0.25) is 4.79 Å². The molecule has 6 nitrogen and oxygen atoms in total. The highest BCUT2D eigenvalue weighted by atomic mass is 16.5. The molecule has 0 spiro atoms. The van der Waals surface area contributed by atoms with Crippen molar-refractivity contribution in [3.05, 3.63) is 95.8 Å². The van der Waals surface area contributed by atoms with Crippen LogP contribution in [0.2, 0.25) is 0 Å². The number of carbonyl (C=O) groups is 1. The summed E-state index contributed by atoms with van der Waals surface area (Å²) in [6.07, 6.45) is 1.59. The number of hydrazone groups is 1. The quantitative estimate of drug-likeness (QED) is 0.377. The second kappa shape index (κ2) is 9.05. The van der Waals surface area contributed by atoms with Gasteiger partial charge in [0.05, 0.1) is 17.2 Å². The third-order valence-corrected chi connectivity index (χ3v) is 4.70. The number of ether oxygens (including phenoxy) is 1. The molecule has 0 fully saturated rings. The molecule has 0 bridgehead atoms. The number of benzene rings is 3. The number of amides is 1. The lowest BCUT2D eigenvalue weighted by atomic mass is 10.2. The lowest BCUT2D eigenvalue weighted by Gasteiger charge is -2.09. The van der Waals surface area contributed by atoms with Crippen LogP contribution in [0.15, 0.2) is 84.0 Å². The van der Waals surface area contributed by atoms with E-state index in [1.165, 1.54) is 0 Å². The molecule has 0 unspecified atom stereocenters. The molecule has 1 aromatic heterocycles. The van der Waals surface area contributed by atoms with E-state index in [-0.39, 0.29) is 12.5 Å². The number of aryl methyl sites for hydroxylation is 1. The number of para-hydroxylation sites is 3. The summed E-state index contributed by atoms with van der Waals surface area (Å²) in [5.74, 6) is 1.27. The molecule has 1 N–H and O–H groups in total. The van der Waals surface area contributed by atoms with Crippen molar-refractivity contribution in [3.8, 4) is 5.75 Å². The minimum atomic E-state index is -0.222. The van der Waals surface area contributed by atoms with Gasteiger partial charge in [-0.15, -0.1) is 0 Å². The maximum absolute atomic E-state index is 12.4. The third-order valence-electron chi connectivity index (χ3n) is 4.70. The Labute approximate surface area is 174 Å². The van der Waals surface area contributed by atoms with Crippen molar-refractivity contribution >= 4 is 23.2 Å². The van der Waals surface area contributed by atoms with E-state index in [1.807, 2.05) is 90.4 Å². The highest BCUT2D eigenvalue weighted by Gasteiger charge is 2.10. The average molecular weight is 398 g/mol. The van der Waals surface area contributed by atoms with Crippen LogP contribution in [0.1, 0.15) is 17.0 Å². The van der Waals surface area contributed by atoms with Gasteiger partial charge in [0.1, 0.15) is 24.7 Å². The first-order valence-electron chi connectivity index (χ1n) is 9.70. The first-order valence-corrected chi connectivity index (χ1v) is 9.70. The number of carbonyl (C=O) groups excluding carboxylic acids is 1. The van der Waals surface area contributed by atoms with Crippen molar-refractivity contribution in [2.75, 3.05) is 0 Å². The van der Waals surface area contributed by atoms with Gasteiger partial charge >= 0.3 is 0 Å². The molecule has 0 aliphatic heterocycles. The van der Waals surface area contributed by atoms with Crippen molar-refractivity contribution in [1.29, 1.82) is 0 Å². The SMILES string of the molecule is Cc1nc2ccccc2n1CC(=O)N/N=C/c1ccccc1OCc1ccccc1. The number of nitrogens with zero attached hydrogens (tertiary/aromatic N) is 3. The molecule has 3 aromatic carbocycles. The van der Waals surface area contributed by atoms with E-state index in [2.05, 4.69) is 15.5 Å². The maximum Gasteiger partial charge on any atom is 0.260 e. The highest BCUT2D eigenvalue weighted by molar-refractivity contribution is 5.85. The molecule has 6 heteroatoms. The Balaban J connectivity index is 1.39. The van der Waals surface area contributed by atoms with Gasteiger partial charge in [-0.1, -0.05) is 54.6 Å². The van der Waals surface area contributed by atoms with Gasteiger partial charge in [0.15, 0.2) is 0 Å². The normalized spacial score (nSPS) is 11.1. The summed E-state index contributed by atoms with van der Waals surface area (Å²) in [5.41, 5.74) is 6.26. The largest absolute Gasteiger partial charge is 0.488 e. The van der Waals surface area contributed by atoms with Crippen LogP contribution in [0.25, 0.3) is 11.0 Å². The van der Waals surface area contributed by atoms with Crippen LogP contribution < -0.4 is 10.2 Å². The van der Waals surface area contributed by atoms with Crippen molar-refractivity contribution in [2.24, 2.45) is 5.10 Å². The lowest BCUT2D eigenvalue weighted by Crippen LogP contribution is -2.23. The number of hydrogen-bond acceptors (Lipinski definition) is 4. The summed E-state index contributed by atoms with van der Waals surface area (Å²) in [5, 5.41) is 4.11. The number of fused-ring (bicyclic) bond motifs is 1. The van der Waals surface area contributed by atoms with Crippen molar-refractivity contribution < 1.29 is 9.53 Å². The van der Waals surface area contributed by atoms with Crippen LogP contribution in [0.4, 0.5) is 0 Å². The average Bonchev–Trinajstić information content (AvgIpc) is 3.09. The molecule has 150 valence electrons. The predicted octanol–water partition coefficient (Wildman–Crippen LogP) is 4.07. The number of aromatic nitrogens is 2. The molecule has 0 aliphatic carbocycles. The van der Waals surface area contributed by atoms with Gasteiger partial charge in [0, 0.05) is 5.56 Å². The standard InChI is InChI=1S/C24H22N4O2/c1-18-26-21-12-6-7-13-22(21)28(18)16-24(29)27-25-15-20-11-5-8-14-23(20)30-17-19-9-3-2-4-10-19/h2-15H,16-17H2,1H3,(H,27,29)/b25-15+. The first-order chi connectivity index (χ1) is 14.7. The number of nitrogens with one attached hydrogen (secondary N) is 1. The van der Waals surface area contributed by atoms with Crippen molar-refractivity contribution in [2.45, 2.75) is 20.1 Å². The summed E-state index contributed by atoms with van der Waals surface area (Å²) in [6, 6.07) is 25.3. The molecule has 0 aliphatic rings. The van der Waals surface area contributed by atoms with Crippen molar-refractivity contribution in [1.82, 2.24) is 15.0 Å². The minimum absolute atomic E-state index is 0.149. The minimum Gasteiger partial charge on any atom is -0.488 e. The van der Waals surface area contributed by atoms with Crippen LogP contribution in [-0.2, 0) is 17.9 Å². The topological polar surface area (TPSA) is 68.5 Å². The van der Waals surface area contributed by atoms with Gasteiger partial charge in [-0.2, -0.15) is 5.10 Å². The first kappa shape index (κ1) is 19.4. The molecule has 1 amide bonds. The fraction of sp³-hybridized carbons (Fsp3) is 0.125. The molecule has 0 saturated heterocycles. The summed E-state index contributed by atoms with van der Waals surface area (Å²) in [6.45, 7) is 2.50. The van der Waals surface area contributed by atoms with Gasteiger partial charge in [0.25, 0.3) is 5.91 Å². The molecule has 0 atom stereocenters. The predicted molar refractivity (Wildman–Crippen MR) is 117 cm³/mol. The zero-order valence-electron chi connectivity index (χ0n) is 16.7. The van der Waals surface area contributed by atoms with E-state index in [0.717, 1.165) is 28.0 Å². The van der Waals surface area contributed by atoms with Gasteiger partial charge in [-0.25, -0.2) is 10.4 Å². The fourth-order valence-corrected chi connectivity index (χ4v) is 3.20. The zero-order chi connectivity index (χ0) is 20.8. The Morgan fingerprint density at radius 2 is 1.77 bits per heavy atom. The molecule has 4 rings (SSSR count). The number of rotatable bonds is 7. The molecule has 1 heterocycles. The molecule has 0 saturated carbocycles. The molecule has 4 aromatic rings. The Morgan fingerprint density at radius 3 is 2.63 bits per heavy atom. The summed E-state index contributed by atoms with van der Waals surface area (Å²) in [7, 11) is 0. The zero-order valence-corrected chi connectivity index (χ0v) is 16.7. The second-order valence-electron chi connectivity index (χ2n) is 6.84. The molecular weight excluding hydrogens is 376 g/mol. The lowest BCUT2D eigenvalue weighted by molar-refractivity contribution is -0.121. The molecular formula is C24H22N4O2. The summed E-state index contributed by atoms with van der Waals surface area (Å²) >= 11 is 0. The van der Waals surface area contributed by atoms with E-state index in [9.17, 15) is 4.79 Å². The monoisotopic (exact) mass is 398 g/mol. The van der Waals surface area contributed by atoms with Crippen LogP contribution in [0.3, 0.4) is 0 Å². The smallest absolute Gasteiger partial charge is 0.260 e. The van der Waals surface area contributed by atoms with Crippen LogP contribution in [0.5, 0.6) is 5.75 Å². The number of hydrogen-bond donors (Lipinski definition) is 1. The van der Waals surface area contributed by atoms with E-state index >= 15 is 0 Å². The van der Waals surface area contributed by atoms with E-state index in [4.69, 9.17) is 4.74 Å². The van der Waals surface area contributed by atoms with Gasteiger partial charge in [-0.05, 0) is 36.8 Å². The Bertz CT molecular complexity index is 1180. The van der Waals surface area contributed by atoms with Crippen LogP contribution in [-0.4, -0.2) is 21.7 Å². The summed E-state index contributed by atoms with van der Waals surface area (Å²) in [4.78, 5) is 16.9. The Hall–Kier alpha value is -3.93. The Kier molecular flexibility index (Phi) is 5.85. The van der Waals surface area contributed by atoms with E-state index in [1.54, 1.807) is 6.21 Å². The summed E-state index contributed by atoms with van der Waals surface area (Å²) < 4.78 is 7.79. The maximum atomic E-state index is 12.4. The van der Waals surface area contributed by atoms with Gasteiger partial charge in [0.2, 0.25) is 0 Å². The Morgan fingerprint density at radius 1 is 1.03 bits per heavy atom. The number of imidazole rings is 1. The van der Waals surface area contributed by atoms with Gasteiger partial charge < -0.3 is 9.30 Å². The second-order valence-corrected chi connectivity index (χ2v) is 6.84. The third kappa shape index (κ3) is 4.55. The fourth-order valence-electron chi connectivity index (χ4n) is 3.20. The molecule has 30 heavy (non-hydrogen) atoms. The van der Waals surface area contributed by atoms with E-state index < -0.39 is 0 Å². The van der Waals surface area contributed by atoms with E-state index in [0.29, 0.717) is 12.4 Å². The van der Waals surface area contributed by atoms with Crippen LogP contribution >= 0.6 is 0 Å².